The standard InChI is InChI=1S/C12H19NO2/c1-9(14)10(2)15-12-7-5-4-6-11(12)8-13-3/h4-7,9-10,13-14H,8H2,1-3H3. The molecule has 3 nitrogen and oxygen atoms in total. The highest BCUT2D eigenvalue weighted by molar-refractivity contribution is 5.33. The third kappa shape index (κ3) is 3.53. The highest BCUT2D eigenvalue weighted by Gasteiger charge is 2.12. The maximum absolute atomic E-state index is 9.36. The van der Waals surface area contributed by atoms with Crippen LogP contribution in [0.5, 0.6) is 5.75 Å². The summed E-state index contributed by atoms with van der Waals surface area (Å²) in [7, 11) is 1.90. The quantitative estimate of drug-likeness (QED) is 0.773. The zero-order valence-electron chi connectivity index (χ0n) is 9.53. The largest absolute Gasteiger partial charge is 0.488 e. The molecule has 1 rings (SSSR count). The predicted octanol–water partition coefficient (Wildman–Crippen LogP) is 1.55. The highest BCUT2D eigenvalue weighted by Crippen LogP contribution is 2.19. The van der Waals surface area contributed by atoms with Crippen LogP contribution in [0, 0.1) is 0 Å². The lowest BCUT2D eigenvalue weighted by Crippen LogP contribution is -2.26. The molecular weight excluding hydrogens is 190 g/mol. The fourth-order valence-electron chi connectivity index (χ4n) is 1.25. The van der Waals surface area contributed by atoms with Gasteiger partial charge >= 0.3 is 0 Å². The van der Waals surface area contributed by atoms with Crippen LogP contribution in [0.2, 0.25) is 0 Å². The van der Waals surface area contributed by atoms with E-state index in [-0.39, 0.29) is 6.10 Å². The van der Waals surface area contributed by atoms with Crippen molar-refractivity contribution in [1.82, 2.24) is 5.32 Å². The van der Waals surface area contributed by atoms with E-state index in [4.69, 9.17) is 4.74 Å². The third-order valence-electron chi connectivity index (χ3n) is 2.33. The van der Waals surface area contributed by atoms with Crippen molar-refractivity contribution in [2.24, 2.45) is 0 Å². The van der Waals surface area contributed by atoms with E-state index < -0.39 is 6.10 Å². The van der Waals surface area contributed by atoms with Crippen molar-refractivity contribution in [3.05, 3.63) is 29.8 Å². The van der Waals surface area contributed by atoms with Crippen LogP contribution >= 0.6 is 0 Å². The van der Waals surface area contributed by atoms with E-state index in [0.29, 0.717) is 0 Å². The Morgan fingerprint density at radius 3 is 2.60 bits per heavy atom. The fourth-order valence-corrected chi connectivity index (χ4v) is 1.25. The number of nitrogens with one attached hydrogen (secondary N) is 1. The molecule has 0 amide bonds. The third-order valence-corrected chi connectivity index (χ3v) is 2.33. The molecule has 0 saturated heterocycles. The maximum atomic E-state index is 9.36. The Kier molecular flexibility index (Phi) is 4.59. The van der Waals surface area contributed by atoms with Gasteiger partial charge in [0.1, 0.15) is 11.9 Å². The van der Waals surface area contributed by atoms with Crippen LogP contribution in [0.15, 0.2) is 24.3 Å². The van der Waals surface area contributed by atoms with E-state index in [1.165, 1.54) is 0 Å². The summed E-state index contributed by atoms with van der Waals surface area (Å²) in [5, 5.41) is 12.4. The number of aliphatic hydroxyl groups is 1. The summed E-state index contributed by atoms with van der Waals surface area (Å²) in [6.07, 6.45) is -0.657. The van der Waals surface area contributed by atoms with Crippen LogP contribution in [0.4, 0.5) is 0 Å². The monoisotopic (exact) mass is 209 g/mol. The number of para-hydroxylation sites is 1. The lowest BCUT2D eigenvalue weighted by Gasteiger charge is -2.19. The number of benzene rings is 1. The summed E-state index contributed by atoms with van der Waals surface area (Å²) in [6, 6.07) is 7.85. The highest BCUT2D eigenvalue weighted by atomic mass is 16.5. The van der Waals surface area contributed by atoms with Gasteiger partial charge < -0.3 is 15.2 Å². The molecule has 0 aliphatic heterocycles. The normalized spacial score (nSPS) is 14.7. The van der Waals surface area contributed by atoms with Gasteiger partial charge in [0.15, 0.2) is 0 Å². The summed E-state index contributed by atoms with van der Waals surface area (Å²) in [4.78, 5) is 0. The molecule has 0 radical (unpaired) electrons. The van der Waals surface area contributed by atoms with Crippen LogP contribution in [0.1, 0.15) is 19.4 Å². The van der Waals surface area contributed by atoms with Gasteiger partial charge in [0.05, 0.1) is 6.10 Å². The van der Waals surface area contributed by atoms with Gasteiger partial charge in [-0.1, -0.05) is 18.2 Å². The zero-order chi connectivity index (χ0) is 11.3. The van der Waals surface area contributed by atoms with Gasteiger partial charge in [-0.05, 0) is 27.0 Å². The van der Waals surface area contributed by atoms with E-state index in [0.717, 1.165) is 17.9 Å². The molecule has 3 heteroatoms. The average molecular weight is 209 g/mol. The molecule has 0 aliphatic carbocycles. The van der Waals surface area contributed by atoms with Crippen molar-refractivity contribution in [3.63, 3.8) is 0 Å². The predicted molar refractivity (Wildman–Crippen MR) is 61.0 cm³/mol. The number of hydrogen-bond acceptors (Lipinski definition) is 3. The topological polar surface area (TPSA) is 41.5 Å². The van der Waals surface area contributed by atoms with Crippen molar-refractivity contribution in [3.8, 4) is 5.75 Å². The molecular formula is C12H19NO2. The minimum atomic E-state index is -0.465. The summed E-state index contributed by atoms with van der Waals surface area (Å²) in [5.41, 5.74) is 1.10. The molecule has 1 aromatic rings. The zero-order valence-corrected chi connectivity index (χ0v) is 9.53. The molecule has 0 aromatic heterocycles. The van der Waals surface area contributed by atoms with Gasteiger partial charge in [-0.15, -0.1) is 0 Å². The molecule has 1 aromatic carbocycles. The first-order chi connectivity index (χ1) is 7.15. The van der Waals surface area contributed by atoms with E-state index >= 15 is 0 Å². The summed E-state index contributed by atoms with van der Waals surface area (Å²) >= 11 is 0. The molecule has 84 valence electrons. The number of rotatable bonds is 5. The van der Waals surface area contributed by atoms with E-state index in [9.17, 15) is 5.11 Å². The van der Waals surface area contributed by atoms with Crippen molar-refractivity contribution < 1.29 is 9.84 Å². The Bertz CT molecular complexity index is 299. The first-order valence-electron chi connectivity index (χ1n) is 5.22. The van der Waals surface area contributed by atoms with Gasteiger partial charge in [0.25, 0.3) is 0 Å². The second-order valence-corrected chi connectivity index (χ2v) is 3.70. The van der Waals surface area contributed by atoms with E-state index in [2.05, 4.69) is 5.32 Å². The smallest absolute Gasteiger partial charge is 0.124 e. The Morgan fingerprint density at radius 1 is 1.33 bits per heavy atom. The van der Waals surface area contributed by atoms with Crippen molar-refractivity contribution in [2.45, 2.75) is 32.6 Å². The van der Waals surface area contributed by atoms with Gasteiger partial charge in [-0.25, -0.2) is 0 Å². The van der Waals surface area contributed by atoms with Crippen LogP contribution in [0.3, 0.4) is 0 Å². The lowest BCUT2D eigenvalue weighted by atomic mass is 10.2. The molecule has 0 spiro atoms. The Balaban J connectivity index is 2.74. The second-order valence-electron chi connectivity index (χ2n) is 3.70. The van der Waals surface area contributed by atoms with Gasteiger partial charge in [-0.3, -0.25) is 0 Å². The van der Waals surface area contributed by atoms with Crippen molar-refractivity contribution >= 4 is 0 Å². The Morgan fingerprint density at radius 2 is 2.00 bits per heavy atom. The van der Waals surface area contributed by atoms with E-state index in [1.807, 2.05) is 38.2 Å². The SMILES string of the molecule is CNCc1ccccc1OC(C)C(C)O. The molecule has 2 atom stereocenters. The minimum absolute atomic E-state index is 0.192. The molecule has 2 unspecified atom stereocenters. The molecule has 0 aliphatic rings. The molecule has 0 bridgehead atoms. The first-order valence-corrected chi connectivity index (χ1v) is 5.22. The summed E-state index contributed by atoms with van der Waals surface area (Å²) in [6.45, 7) is 4.36. The fraction of sp³-hybridized carbons (Fsp3) is 0.500. The van der Waals surface area contributed by atoms with Gasteiger partial charge in [-0.2, -0.15) is 0 Å². The van der Waals surface area contributed by atoms with Crippen LogP contribution in [0.25, 0.3) is 0 Å². The van der Waals surface area contributed by atoms with Crippen molar-refractivity contribution in [1.29, 1.82) is 0 Å². The molecule has 0 heterocycles. The average Bonchev–Trinajstić information content (AvgIpc) is 2.21. The summed E-state index contributed by atoms with van der Waals surface area (Å²) in [5.74, 6) is 0.834. The Labute approximate surface area is 91.1 Å². The maximum Gasteiger partial charge on any atom is 0.124 e. The van der Waals surface area contributed by atoms with Gasteiger partial charge in [0.2, 0.25) is 0 Å². The molecule has 0 fully saturated rings. The first kappa shape index (κ1) is 12.0. The van der Waals surface area contributed by atoms with Crippen LogP contribution in [-0.2, 0) is 6.54 Å². The number of ether oxygens (including phenoxy) is 1. The minimum Gasteiger partial charge on any atom is -0.488 e. The van der Waals surface area contributed by atoms with Gasteiger partial charge in [0, 0.05) is 12.1 Å². The molecule has 15 heavy (non-hydrogen) atoms. The summed E-state index contributed by atoms with van der Waals surface area (Å²) < 4.78 is 5.67. The van der Waals surface area contributed by atoms with E-state index in [1.54, 1.807) is 6.92 Å². The molecule has 0 saturated carbocycles. The number of aliphatic hydroxyl groups excluding tert-OH is 1. The lowest BCUT2D eigenvalue weighted by molar-refractivity contribution is 0.0598. The number of hydrogen-bond donors (Lipinski definition) is 2. The van der Waals surface area contributed by atoms with Crippen LogP contribution < -0.4 is 10.1 Å². The Hall–Kier alpha value is -1.06. The molecule has 2 N–H and O–H groups in total. The second kappa shape index (κ2) is 5.73. The van der Waals surface area contributed by atoms with Crippen LogP contribution in [-0.4, -0.2) is 24.4 Å². The van der Waals surface area contributed by atoms with Crippen molar-refractivity contribution in [2.75, 3.05) is 7.05 Å².